The van der Waals surface area contributed by atoms with Gasteiger partial charge in [-0.2, -0.15) is 0 Å². The van der Waals surface area contributed by atoms with E-state index in [0.717, 1.165) is 25.0 Å². The maximum Gasteiger partial charge on any atom is 0.317 e. The molecule has 2 amide bonds. The quantitative estimate of drug-likeness (QED) is 0.723. The number of amides is 2. The average Bonchev–Trinajstić information content (AvgIpc) is 2.60. The zero-order valence-corrected chi connectivity index (χ0v) is 15.2. The van der Waals surface area contributed by atoms with E-state index in [4.69, 9.17) is 21.4 Å². The third-order valence-corrected chi connectivity index (χ3v) is 4.72. The van der Waals surface area contributed by atoms with E-state index in [-0.39, 0.29) is 18.0 Å². The van der Waals surface area contributed by atoms with Gasteiger partial charge in [-0.15, -0.1) is 0 Å². The van der Waals surface area contributed by atoms with Crippen LogP contribution in [0.1, 0.15) is 32.1 Å². The fourth-order valence-electron chi connectivity index (χ4n) is 2.89. The van der Waals surface area contributed by atoms with Crippen LogP contribution in [-0.2, 0) is 4.79 Å². The molecule has 2 rings (SSSR count). The second kappa shape index (κ2) is 9.51. The minimum atomic E-state index is -0.734. The van der Waals surface area contributed by atoms with Crippen LogP contribution in [0.5, 0.6) is 5.75 Å². The summed E-state index contributed by atoms with van der Waals surface area (Å²) in [4.78, 5) is 24.7. The monoisotopic (exact) mass is 368 g/mol. The molecule has 0 aromatic heterocycles. The molecular formula is C18H25ClN2O4. The lowest BCUT2D eigenvalue weighted by Gasteiger charge is -2.28. The molecule has 1 saturated carbocycles. The first kappa shape index (κ1) is 19.4. The number of ether oxygens (including phenoxy) is 1. The van der Waals surface area contributed by atoms with Gasteiger partial charge in [-0.05, 0) is 56.4 Å². The molecule has 1 aliphatic rings. The fraction of sp³-hybridized carbons (Fsp3) is 0.556. The van der Waals surface area contributed by atoms with Crippen LogP contribution >= 0.6 is 11.6 Å². The van der Waals surface area contributed by atoms with Crippen molar-refractivity contribution in [2.75, 3.05) is 20.2 Å². The van der Waals surface area contributed by atoms with Crippen molar-refractivity contribution in [1.29, 1.82) is 0 Å². The number of urea groups is 1. The molecule has 7 heteroatoms. The number of hydrogen-bond donors (Lipinski definition) is 2. The van der Waals surface area contributed by atoms with E-state index < -0.39 is 5.97 Å². The van der Waals surface area contributed by atoms with Gasteiger partial charge >= 0.3 is 12.0 Å². The zero-order chi connectivity index (χ0) is 18.2. The van der Waals surface area contributed by atoms with Crippen LogP contribution in [0.15, 0.2) is 24.3 Å². The van der Waals surface area contributed by atoms with Crippen molar-refractivity contribution in [3.05, 3.63) is 29.3 Å². The van der Waals surface area contributed by atoms with Gasteiger partial charge < -0.3 is 20.1 Å². The van der Waals surface area contributed by atoms with Crippen LogP contribution in [0.3, 0.4) is 0 Å². The molecule has 138 valence electrons. The highest BCUT2D eigenvalue weighted by Gasteiger charge is 2.27. The first-order chi connectivity index (χ1) is 12.0. The summed E-state index contributed by atoms with van der Waals surface area (Å²) in [6, 6.07) is 7.12. The highest BCUT2D eigenvalue weighted by molar-refractivity contribution is 6.30. The summed E-state index contributed by atoms with van der Waals surface area (Å²) in [6.45, 7) is 1.10. The summed E-state index contributed by atoms with van der Waals surface area (Å²) in [7, 11) is 1.75. The number of nitrogens with zero attached hydrogens (tertiary/aromatic N) is 1. The van der Waals surface area contributed by atoms with Crippen LogP contribution in [0.25, 0.3) is 0 Å². The minimum Gasteiger partial charge on any atom is -0.494 e. The van der Waals surface area contributed by atoms with Crippen molar-refractivity contribution in [2.24, 2.45) is 5.92 Å². The van der Waals surface area contributed by atoms with Gasteiger partial charge in [0.1, 0.15) is 5.75 Å². The third-order valence-electron chi connectivity index (χ3n) is 4.47. The Morgan fingerprint density at radius 3 is 2.48 bits per heavy atom. The number of benzene rings is 1. The number of carbonyl (C=O) groups excluding carboxylic acids is 1. The predicted molar refractivity (Wildman–Crippen MR) is 96.1 cm³/mol. The predicted octanol–water partition coefficient (Wildman–Crippen LogP) is 3.39. The van der Waals surface area contributed by atoms with E-state index in [1.165, 1.54) is 0 Å². The van der Waals surface area contributed by atoms with Gasteiger partial charge in [-0.1, -0.05) is 11.6 Å². The summed E-state index contributed by atoms with van der Waals surface area (Å²) < 4.78 is 5.60. The first-order valence-corrected chi connectivity index (χ1v) is 8.96. The largest absolute Gasteiger partial charge is 0.494 e. The van der Waals surface area contributed by atoms with Gasteiger partial charge in [0.15, 0.2) is 0 Å². The Morgan fingerprint density at radius 2 is 1.88 bits per heavy atom. The number of aliphatic carboxylic acids is 1. The molecule has 0 bridgehead atoms. The number of hydrogen-bond acceptors (Lipinski definition) is 3. The van der Waals surface area contributed by atoms with Gasteiger partial charge in [0.2, 0.25) is 0 Å². The SMILES string of the molecule is CN(CCCOc1ccc(Cl)cc1)C(=O)NC1CCC(C(=O)O)CC1. The Bertz CT molecular complexity index is 571. The smallest absolute Gasteiger partial charge is 0.317 e. The highest BCUT2D eigenvalue weighted by Crippen LogP contribution is 2.24. The molecule has 25 heavy (non-hydrogen) atoms. The standard InChI is InChI=1S/C18H25ClN2O4/c1-21(11-2-12-25-16-9-5-14(19)6-10-16)18(24)20-15-7-3-13(4-8-15)17(22)23/h5-6,9-10,13,15H,2-4,7-8,11-12H2,1H3,(H,20,24)(H,22,23). The Labute approximate surface area is 153 Å². The molecule has 0 unspecified atom stereocenters. The fourth-order valence-corrected chi connectivity index (χ4v) is 3.02. The summed E-state index contributed by atoms with van der Waals surface area (Å²) in [5.41, 5.74) is 0. The lowest BCUT2D eigenvalue weighted by atomic mass is 9.86. The molecule has 6 nitrogen and oxygen atoms in total. The van der Waals surface area contributed by atoms with Gasteiger partial charge in [-0.3, -0.25) is 4.79 Å². The molecule has 1 fully saturated rings. The molecule has 1 aromatic rings. The van der Waals surface area contributed by atoms with Crippen molar-refractivity contribution >= 4 is 23.6 Å². The number of carboxylic acids is 1. The number of halogens is 1. The van der Waals surface area contributed by atoms with E-state index in [0.29, 0.717) is 31.0 Å². The molecule has 2 N–H and O–H groups in total. The van der Waals surface area contributed by atoms with Crippen LogP contribution in [-0.4, -0.2) is 48.2 Å². The summed E-state index contributed by atoms with van der Waals surface area (Å²) in [5, 5.41) is 12.6. The zero-order valence-electron chi connectivity index (χ0n) is 14.4. The van der Waals surface area contributed by atoms with E-state index in [9.17, 15) is 9.59 Å². The topological polar surface area (TPSA) is 78.9 Å². The molecule has 0 spiro atoms. The van der Waals surface area contributed by atoms with E-state index in [1.54, 1.807) is 24.1 Å². The van der Waals surface area contributed by atoms with Crippen LogP contribution in [0, 0.1) is 5.92 Å². The number of carboxylic acid groups (broad SMARTS) is 1. The second-order valence-corrected chi connectivity index (χ2v) is 6.85. The van der Waals surface area contributed by atoms with Gasteiger partial charge in [0.25, 0.3) is 0 Å². The molecule has 0 atom stereocenters. The van der Waals surface area contributed by atoms with Crippen LogP contribution < -0.4 is 10.1 Å². The number of nitrogens with one attached hydrogen (secondary N) is 1. The lowest BCUT2D eigenvalue weighted by molar-refractivity contribution is -0.142. The maximum atomic E-state index is 12.2. The lowest BCUT2D eigenvalue weighted by Crippen LogP contribution is -2.45. The molecular weight excluding hydrogens is 344 g/mol. The Balaban J connectivity index is 1.62. The number of rotatable bonds is 7. The maximum absolute atomic E-state index is 12.2. The number of carbonyl (C=O) groups is 2. The summed E-state index contributed by atoms with van der Waals surface area (Å²) in [5.74, 6) is -0.245. The highest BCUT2D eigenvalue weighted by atomic mass is 35.5. The first-order valence-electron chi connectivity index (χ1n) is 8.58. The van der Waals surface area contributed by atoms with Crippen LogP contribution in [0.2, 0.25) is 5.02 Å². The van der Waals surface area contributed by atoms with Crippen molar-refractivity contribution in [3.63, 3.8) is 0 Å². The Morgan fingerprint density at radius 1 is 1.24 bits per heavy atom. The normalized spacial score (nSPS) is 19.9. The third kappa shape index (κ3) is 6.46. The van der Waals surface area contributed by atoms with E-state index in [1.807, 2.05) is 12.1 Å². The van der Waals surface area contributed by atoms with Crippen LogP contribution in [0.4, 0.5) is 4.79 Å². The van der Waals surface area contributed by atoms with Gasteiger partial charge in [-0.25, -0.2) is 4.79 Å². The molecule has 0 saturated heterocycles. The molecule has 1 aromatic carbocycles. The van der Waals surface area contributed by atoms with E-state index >= 15 is 0 Å². The minimum absolute atomic E-state index is 0.0656. The van der Waals surface area contributed by atoms with Crippen molar-refractivity contribution in [3.8, 4) is 5.75 Å². The Kier molecular flexibility index (Phi) is 7.37. The molecule has 0 aliphatic heterocycles. The van der Waals surface area contributed by atoms with Crippen molar-refractivity contribution in [1.82, 2.24) is 10.2 Å². The van der Waals surface area contributed by atoms with Gasteiger partial charge in [0.05, 0.1) is 12.5 Å². The summed E-state index contributed by atoms with van der Waals surface area (Å²) >= 11 is 5.82. The van der Waals surface area contributed by atoms with Crippen molar-refractivity contribution in [2.45, 2.75) is 38.1 Å². The Hall–Kier alpha value is -1.95. The summed E-state index contributed by atoms with van der Waals surface area (Å²) in [6.07, 6.45) is 3.41. The molecule has 0 radical (unpaired) electrons. The molecule has 0 heterocycles. The van der Waals surface area contributed by atoms with Crippen molar-refractivity contribution < 1.29 is 19.4 Å². The van der Waals surface area contributed by atoms with Gasteiger partial charge in [0, 0.05) is 24.7 Å². The second-order valence-electron chi connectivity index (χ2n) is 6.41. The average molecular weight is 369 g/mol. The van der Waals surface area contributed by atoms with E-state index in [2.05, 4.69) is 5.32 Å². The molecule has 1 aliphatic carbocycles.